The van der Waals surface area contributed by atoms with Crippen LogP contribution in [-0.4, -0.2) is 37.8 Å². The molecule has 0 amide bonds. The van der Waals surface area contributed by atoms with E-state index in [1.165, 1.54) is 24.3 Å². The first-order valence-corrected chi connectivity index (χ1v) is 8.10. The largest absolute Gasteiger partial charge is 0.409 e. The highest BCUT2D eigenvalue weighted by molar-refractivity contribution is 7.91. The van der Waals surface area contributed by atoms with Crippen molar-refractivity contribution in [3.05, 3.63) is 29.8 Å². The predicted molar refractivity (Wildman–Crippen MR) is 81.9 cm³/mol. The summed E-state index contributed by atoms with van der Waals surface area (Å²) < 4.78 is 24.3. The lowest BCUT2D eigenvalue weighted by molar-refractivity contribution is 0.318. The molecule has 6 nitrogen and oxygen atoms in total. The Morgan fingerprint density at radius 3 is 2.57 bits per heavy atom. The van der Waals surface area contributed by atoms with Crippen LogP contribution in [0.2, 0.25) is 0 Å². The van der Waals surface area contributed by atoms with Crippen molar-refractivity contribution in [3.63, 3.8) is 0 Å². The van der Waals surface area contributed by atoms with E-state index in [0.717, 1.165) is 6.42 Å². The minimum absolute atomic E-state index is 0.0475. The zero-order valence-corrected chi connectivity index (χ0v) is 12.6. The Labute approximate surface area is 125 Å². The van der Waals surface area contributed by atoms with Crippen molar-refractivity contribution in [3.8, 4) is 12.3 Å². The number of sulfone groups is 1. The lowest BCUT2D eigenvalue weighted by Gasteiger charge is -2.11. The summed E-state index contributed by atoms with van der Waals surface area (Å²) in [7, 11) is -3.40. The van der Waals surface area contributed by atoms with Crippen molar-refractivity contribution in [1.82, 2.24) is 5.32 Å². The average molecular weight is 309 g/mol. The molecule has 0 aromatic heterocycles. The monoisotopic (exact) mass is 309 g/mol. The Kier molecular flexibility index (Phi) is 6.21. The summed E-state index contributed by atoms with van der Waals surface area (Å²) in [5.74, 6) is 2.43. The molecule has 1 rings (SSSR count). The molecule has 1 unspecified atom stereocenters. The summed E-state index contributed by atoms with van der Waals surface area (Å²) in [4.78, 5) is 0.188. The van der Waals surface area contributed by atoms with Crippen molar-refractivity contribution in [2.75, 3.05) is 12.3 Å². The zero-order chi connectivity index (χ0) is 15.9. The third kappa shape index (κ3) is 4.77. The van der Waals surface area contributed by atoms with Crippen molar-refractivity contribution < 1.29 is 13.6 Å². The first-order valence-electron chi connectivity index (χ1n) is 6.44. The van der Waals surface area contributed by atoms with Crippen LogP contribution in [-0.2, 0) is 9.84 Å². The number of oxime groups is 1. The average Bonchev–Trinajstić information content (AvgIpc) is 2.51. The fourth-order valence-electron chi connectivity index (χ4n) is 1.70. The molecule has 0 bridgehead atoms. The van der Waals surface area contributed by atoms with Crippen LogP contribution in [0, 0.1) is 12.3 Å². The van der Waals surface area contributed by atoms with Gasteiger partial charge in [-0.15, -0.1) is 6.42 Å². The van der Waals surface area contributed by atoms with Gasteiger partial charge in [0.05, 0.1) is 16.7 Å². The van der Waals surface area contributed by atoms with Gasteiger partial charge in [-0.2, -0.15) is 0 Å². The number of rotatable bonds is 7. The second-order valence-corrected chi connectivity index (χ2v) is 6.52. The van der Waals surface area contributed by atoms with Crippen molar-refractivity contribution in [2.24, 2.45) is 10.9 Å². The van der Waals surface area contributed by atoms with Crippen molar-refractivity contribution in [2.45, 2.75) is 24.3 Å². The van der Waals surface area contributed by atoms with Crippen LogP contribution in [0.1, 0.15) is 18.9 Å². The number of benzene rings is 1. The molecule has 0 aliphatic heterocycles. The molecule has 1 atom stereocenters. The maximum atomic E-state index is 12.1. The molecule has 1 aromatic carbocycles. The molecular formula is C14H19N3O3S. The summed E-state index contributed by atoms with van der Waals surface area (Å²) >= 11 is 0. The summed E-state index contributed by atoms with van der Waals surface area (Å²) in [6.45, 7) is 2.21. The minimum atomic E-state index is -3.40. The van der Waals surface area contributed by atoms with Crippen LogP contribution < -0.4 is 11.1 Å². The molecule has 0 aliphatic rings. The molecular weight excluding hydrogens is 290 g/mol. The molecule has 4 N–H and O–H groups in total. The molecule has 0 saturated heterocycles. The quantitative estimate of drug-likeness (QED) is 0.224. The lowest BCUT2D eigenvalue weighted by atomic mass is 10.2. The molecule has 0 spiro atoms. The van der Waals surface area contributed by atoms with Crippen LogP contribution in [0.4, 0.5) is 0 Å². The topological polar surface area (TPSA) is 105 Å². The molecule has 0 heterocycles. The summed E-state index contributed by atoms with van der Waals surface area (Å²) in [5.41, 5.74) is 5.87. The van der Waals surface area contributed by atoms with E-state index in [1.807, 2.05) is 6.92 Å². The van der Waals surface area contributed by atoms with E-state index in [1.54, 1.807) is 0 Å². The molecule has 114 valence electrons. The van der Waals surface area contributed by atoms with Gasteiger partial charge >= 0.3 is 0 Å². The van der Waals surface area contributed by atoms with Gasteiger partial charge in [-0.05, 0) is 30.7 Å². The van der Waals surface area contributed by atoms with Crippen molar-refractivity contribution in [1.29, 1.82) is 0 Å². The van der Waals surface area contributed by atoms with E-state index in [0.29, 0.717) is 5.56 Å². The van der Waals surface area contributed by atoms with Gasteiger partial charge in [0.2, 0.25) is 0 Å². The van der Waals surface area contributed by atoms with E-state index in [9.17, 15) is 8.42 Å². The highest BCUT2D eigenvalue weighted by Gasteiger charge is 2.15. The maximum Gasteiger partial charge on any atom is 0.179 e. The lowest BCUT2D eigenvalue weighted by Crippen LogP contribution is -2.31. The molecule has 1 aromatic rings. The Hall–Kier alpha value is -2.04. The first-order chi connectivity index (χ1) is 9.94. The summed E-state index contributed by atoms with van der Waals surface area (Å²) in [5, 5.41) is 14.4. The van der Waals surface area contributed by atoms with Crippen LogP contribution in [0.5, 0.6) is 0 Å². The van der Waals surface area contributed by atoms with E-state index < -0.39 is 9.84 Å². The van der Waals surface area contributed by atoms with Gasteiger partial charge in [-0.25, -0.2) is 8.42 Å². The second-order valence-electron chi connectivity index (χ2n) is 4.41. The molecule has 0 saturated carbocycles. The number of nitrogens with one attached hydrogen (secondary N) is 1. The van der Waals surface area contributed by atoms with Gasteiger partial charge in [0.1, 0.15) is 0 Å². The highest BCUT2D eigenvalue weighted by Crippen LogP contribution is 2.12. The summed E-state index contributed by atoms with van der Waals surface area (Å²) in [6.07, 6.45) is 6.04. The predicted octanol–water partition coefficient (Wildman–Crippen LogP) is 0.556. The number of nitrogens with zero attached hydrogens (tertiary/aromatic N) is 1. The van der Waals surface area contributed by atoms with Crippen LogP contribution in [0.25, 0.3) is 0 Å². The minimum Gasteiger partial charge on any atom is -0.409 e. The number of amidine groups is 1. The smallest absolute Gasteiger partial charge is 0.179 e. The molecule has 0 aliphatic carbocycles. The Morgan fingerprint density at radius 1 is 1.48 bits per heavy atom. The Balaban J connectivity index is 2.73. The number of nitrogens with two attached hydrogens (primary N) is 1. The zero-order valence-electron chi connectivity index (χ0n) is 11.8. The van der Waals surface area contributed by atoms with Gasteiger partial charge in [-0.1, -0.05) is 18.0 Å². The maximum absolute atomic E-state index is 12.1. The summed E-state index contributed by atoms with van der Waals surface area (Å²) in [6, 6.07) is 5.72. The number of hydrogen-bond donors (Lipinski definition) is 3. The number of terminal acetylenes is 1. The normalized spacial score (nSPS) is 13.6. The fraction of sp³-hybridized carbons (Fsp3) is 0.357. The third-order valence-electron chi connectivity index (χ3n) is 2.99. The number of hydrogen-bond acceptors (Lipinski definition) is 5. The fourth-order valence-corrected chi connectivity index (χ4v) is 2.87. The second kappa shape index (κ2) is 7.67. The molecule has 0 fully saturated rings. The third-order valence-corrected chi connectivity index (χ3v) is 4.72. The van der Waals surface area contributed by atoms with E-state index in [2.05, 4.69) is 16.4 Å². The Bertz CT molecular complexity index is 630. The molecule has 21 heavy (non-hydrogen) atoms. The van der Waals surface area contributed by atoms with E-state index >= 15 is 0 Å². The molecule has 0 radical (unpaired) electrons. The van der Waals surface area contributed by atoms with E-state index in [-0.39, 0.29) is 29.1 Å². The molecule has 7 heteroatoms. The highest BCUT2D eigenvalue weighted by atomic mass is 32.2. The van der Waals surface area contributed by atoms with Gasteiger partial charge in [0.25, 0.3) is 0 Å². The van der Waals surface area contributed by atoms with Crippen LogP contribution in [0.15, 0.2) is 34.3 Å². The standard InChI is InChI=1S/C14H19N3O3S/c1-3-12(4-2)16-9-10-21(19,20)13-7-5-11(6-8-13)14(15)17-18/h1,5-8,12,16,18H,4,9-10H2,2H3,(H2,15,17). The van der Waals surface area contributed by atoms with Gasteiger partial charge in [0, 0.05) is 12.1 Å². The first kappa shape index (κ1) is 17.0. The SMILES string of the molecule is C#CC(CC)NCCS(=O)(=O)c1ccc(/C(N)=N/O)cc1. The van der Waals surface area contributed by atoms with Gasteiger partial charge < -0.3 is 16.3 Å². The van der Waals surface area contributed by atoms with E-state index in [4.69, 9.17) is 17.4 Å². The van der Waals surface area contributed by atoms with Crippen molar-refractivity contribution >= 4 is 15.7 Å². The van der Waals surface area contributed by atoms with Crippen LogP contribution in [0.3, 0.4) is 0 Å². The van der Waals surface area contributed by atoms with Gasteiger partial charge in [0.15, 0.2) is 15.7 Å². The van der Waals surface area contributed by atoms with Crippen LogP contribution >= 0.6 is 0 Å². The Morgan fingerprint density at radius 2 is 2.10 bits per heavy atom. The van der Waals surface area contributed by atoms with Gasteiger partial charge in [-0.3, -0.25) is 0 Å².